The summed E-state index contributed by atoms with van der Waals surface area (Å²) in [6.07, 6.45) is 2.16. The summed E-state index contributed by atoms with van der Waals surface area (Å²) in [5.41, 5.74) is 0.885. The predicted molar refractivity (Wildman–Crippen MR) is 75.1 cm³/mol. The lowest BCUT2D eigenvalue weighted by Gasteiger charge is -2.23. The number of hydrogen-bond donors (Lipinski definition) is 1. The van der Waals surface area contributed by atoms with E-state index >= 15 is 0 Å². The molecule has 1 aliphatic rings. The van der Waals surface area contributed by atoms with Crippen LogP contribution in [0.3, 0.4) is 0 Å². The van der Waals surface area contributed by atoms with E-state index in [1.807, 2.05) is 12.1 Å². The minimum atomic E-state index is -0.0253. The van der Waals surface area contributed by atoms with Crippen LogP contribution in [0.4, 0.5) is 0 Å². The summed E-state index contributed by atoms with van der Waals surface area (Å²) < 4.78 is 10.4. The summed E-state index contributed by atoms with van der Waals surface area (Å²) in [6.45, 7) is 0.773. The molecule has 1 atom stereocenters. The van der Waals surface area contributed by atoms with Crippen molar-refractivity contribution in [3.63, 3.8) is 0 Å². The van der Waals surface area contributed by atoms with Crippen LogP contribution in [0, 0.1) is 0 Å². The molecule has 0 spiro atoms. The van der Waals surface area contributed by atoms with Crippen LogP contribution in [0.1, 0.15) is 18.4 Å². The topological polar surface area (TPSA) is 59.0 Å². The highest BCUT2D eigenvalue weighted by Gasteiger charge is 2.27. The maximum absolute atomic E-state index is 12.3. The van der Waals surface area contributed by atoms with Gasteiger partial charge in [0, 0.05) is 6.54 Å². The maximum atomic E-state index is 12.3. The smallest absolute Gasteiger partial charge is 0.227 e. The molecule has 1 aliphatic heterocycles. The molecule has 0 radical (unpaired) electrons. The van der Waals surface area contributed by atoms with Gasteiger partial charge in [-0.05, 0) is 30.5 Å². The highest BCUT2D eigenvalue weighted by molar-refractivity contribution is 5.79. The number of nitrogens with zero attached hydrogens (tertiary/aromatic N) is 1. The summed E-state index contributed by atoms with van der Waals surface area (Å²) in [5.74, 6) is 1.32. The second-order valence-electron chi connectivity index (χ2n) is 4.93. The average Bonchev–Trinajstić information content (AvgIpc) is 2.95. The van der Waals surface area contributed by atoms with Gasteiger partial charge >= 0.3 is 0 Å². The van der Waals surface area contributed by atoms with Gasteiger partial charge in [0.2, 0.25) is 5.91 Å². The first-order chi connectivity index (χ1) is 9.69. The second-order valence-corrected chi connectivity index (χ2v) is 4.93. The normalized spacial score (nSPS) is 18.1. The number of aliphatic hydroxyl groups is 1. The van der Waals surface area contributed by atoms with E-state index < -0.39 is 0 Å². The first-order valence-electron chi connectivity index (χ1n) is 6.80. The fraction of sp³-hybridized carbons (Fsp3) is 0.533. The molecule has 1 N–H and O–H groups in total. The van der Waals surface area contributed by atoms with Crippen LogP contribution in [-0.2, 0) is 11.2 Å². The highest BCUT2D eigenvalue weighted by atomic mass is 16.5. The van der Waals surface area contributed by atoms with Crippen LogP contribution in [0.5, 0.6) is 11.5 Å². The molecule has 20 heavy (non-hydrogen) atoms. The number of carbonyl (C=O) groups is 1. The molecule has 110 valence electrons. The van der Waals surface area contributed by atoms with E-state index in [4.69, 9.17) is 9.47 Å². The number of rotatable bonds is 5. The number of hydrogen-bond acceptors (Lipinski definition) is 4. The minimum Gasteiger partial charge on any atom is -0.493 e. The molecule has 5 nitrogen and oxygen atoms in total. The molecule has 1 heterocycles. The molecular formula is C15H21NO4. The number of benzene rings is 1. The van der Waals surface area contributed by atoms with Gasteiger partial charge in [-0.25, -0.2) is 0 Å². The number of carbonyl (C=O) groups excluding carboxylic acids is 1. The highest BCUT2D eigenvalue weighted by Crippen LogP contribution is 2.28. The first kappa shape index (κ1) is 14.7. The minimum absolute atomic E-state index is 0.0253. The van der Waals surface area contributed by atoms with Crippen molar-refractivity contribution in [2.75, 3.05) is 27.4 Å². The largest absolute Gasteiger partial charge is 0.493 e. The quantitative estimate of drug-likeness (QED) is 0.880. The van der Waals surface area contributed by atoms with E-state index in [2.05, 4.69) is 0 Å². The van der Waals surface area contributed by atoms with Gasteiger partial charge in [0.1, 0.15) is 0 Å². The molecule has 0 saturated carbocycles. The Kier molecular flexibility index (Phi) is 4.84. The van der Waals surface area contributed by atoms with Crippen LogP contribution in [-0.4, -0.2) is 49.3 Å². The van der Waals surface area contributed by atoms with Gasteiger partial charge in [0.15, 0.2) is 11.5 Å². The molecule has 2 rings (SSSR count). The van der Waals surface area contributed by atoms with Crippen molar-refractivity contribution in [3.8, 4) is 11.5 Å². The number of likely N-dealkylation sites (tertiary alicyclic amines) is 1. The van der Waals surface area contributed by atoms with E-state index in [1.54, 1.807) is 25.2 Å². The Morgan fingerprint density at radius 2 is 2.10 bits per heavy atom. The predicted octanol–water partition coefficient (Wildman–Crippen LogP) is 1.23. The van der Waals surface area contributed by atoms with Crippen molar-refractivity contribution >= 4 is 5.91 Å². The third kappa shape index (κ3) is 3.04. The van der Waals surface area contributed by atoms with E-state index in [0.717, 1.165) is 24.9 Å². The van der Waals surface area contributed by atoms with Crippen LogP contribution >= 0.6 is 0 Å². The second kappa shape index (κ2) is 6.61. The van der Waals surface area contributed by atoms with Crippen molar-refractivity contribution in [2.45, 2.75) is 25.3 Å². The summed E-state index contributed by atoms with van der Waals surface area (Å²) in [6, 6.07) is 5.46. The number of ether oxygens (including phenoxy) is 2. The molecule has 0 aromatic heterocycles. The third-order valence-electron chi connectivity index (χ3n) is 3.71. The van der Waals surface area contributed by atoms with E-state index in [9.17, 15) is 9.90 Å². The Labute approximate surface area is 119 Å². The zero-order valence-electron chi connectivity index (χ0n) is 12.0. The lowest BCUT2D eigenvalue weighted by molar-refractivity contribution is -0.131. The van der Waals surface area contributed by atoms with Gasteiger partial charge in [-0.15, -0.1) is 0 Å². The van der Waals surface area contributed by atoms with Crippen molar-refractivity contribution < 1.29 is 19.4 Å². The fourth-order valence-electron chi connectivity index (χ4n) is 2.62. The van der Waals surface area contributed by atoms with E-state index in [-0.39, 0.29) is 18.6 Å². The molecule has 1 aromatic carbocycles. The van der Waals surface area contributed by atoms with Crippen molar-refractivity contribution in [1.29, 1.82) is 0 Å². The molecule has 1 aromatic rings. The fourth-order valence-corrected chi connectivity index (χ4v) is 2.62. The molecular weight excluding hydrogens is 258 g/mol. The molecule has 0 bridgehead atoms. The Bertz CT molecular complexity index is 475. The van der Waals surface area contributed by atoms with E-state index in [0.29, 0.717) is 17.9 Å². The Balaban J connectivity index is 2.07. The van der Waals surface area contributed by atoms with Crippen LogP contribution in [0.2, 0.25) is 0 Å². The Hall–Kier alpha value is -1.75. The molecule has 1 fully saturated rings. The maximum Gasteiger partial charge on any atom is 0.227 e. The third-order valence-corrected chi connectivity index (χ3v) is 3.71. The summed E-state index contributed by atoms with van der Waals surface area (Å²) >= 11 is 0. The van der Waals surface area contributed by atoms with Crippen molar-refractivity contribution in [2.24, 2.45) is 0 Å². The zero-order valence-corrected chi connectivity index (χ0v) is 12.0. The number of aliphatic hydroxyl groups excluding tert-OH is 1. The van der Waals surface area contributed by atoms with Gasteiger partial charge in [-0.1, -0.05) is 6.07 Å². The van der Waals surface area contributed by atoms with Gasteiger partial charge < -0.3 is 19.5 Å². The Morgan fingerprint density at radius 3 is 2.75 bits per heavy atom. The van der Waals surface area contributed by atoms with Gasteiger partial charge in [0.25, 0.3) is 0 Å². The van der Waals surface area contributed by atoms with Gasteiger partial charge in [-0.2, -0.15) is 0 Å². The summed E-state index contributed by atoms with van der Waals surface area (Å²) in [4.78, 5) is 14.1. The molecule has 1 saturated heterocycles. The van der Waals surface area contributed by atoms with Crippen molar-refractivity contribution in [1.82, 2.24) is 4.90 Å². The SMILES string of the molecule is COc1ccc(CC(=O)N2CCC[C@@H]2CO)cc1OC. The van der Waals surface area contributed by atoms with Crippen LogP contribution < -0.4 is 9.47 Å². The molecule has 0 aliphatic carbocycles. The number of amides is 1. The molecule has 0 unspecified atom stereocenters. The average molecular weight is 279 g/mol. The molecule has 5 heteroatoms. The van der Waals surface area contributed by atoms with Crippen LogP contribution in [0.15, 0.2) is 18.2 Å². The van der Waals surface area contributed by atoms with E-state index in [1.165, 1.54) is 0 Å². The lowest BCUT2D eigenvalue weighted by atomic mass is 10.1. The Morgan fingerprint density at radius 1 is 1.35 bits per heavy atom. The summed E-state index contributed by atoms with van der Waals surface area (Å²) in [5, 5.41) is 9.27. The lowest BCUT2D eigenvalue weighted by Crippen LogP contribution is -2.38. The monoisotopic (exact) mass is 279 g/mol. The van der Waals surface area contributed by atoms with Gasteiger partial charge in [-0.3, -0.25) is 4.79 Å². The van der Waals surface area contributed by atoms with Crippen LogP contribution in [0.25, 0.3) is 0 Å². The van der Waals surface area contributed by atoms with Gasteiger partial charge in [0.05, 0.1) is 33.3 Å². The number of methoxy groups -OCH3 is 2. The standard InChI is InChI=1S/C15H21NO4/c1-19-13-6-5-11(8-14(13)20-2)9-15(18)16-7-3-4-12(16)10-17/h5-6,8,12,17H,3-4,7,9-10H2,1-2H3/t12-/m1/s1. The zero-order chi connectivity index (χ0) is 14.5. The summed E-state index contributed by atoms with van der Waals surface area (Å²) in [7, 11) is 3.16. The van der Waals surface area contributed by atoms with Crippen molar-refractivity contribution in [3.05, 3.63) is 23.8 Å². The molecule has 1 amide bonds. The first-order valence-corrected chi connectivity index (χ1v) is 6.80.